The maximum Gasteiger partial charge on any atom is 0.0431 e. The molecule has 2 nitrogen and oxygen atoms in total. The molecule has 0 atom stereocenters. The third-order valence-electron chi connectivity index (χ3n) is 3.41. The predicted molar refractivity (Wildman–Crippen MR) is 68.5 cm³/mol. The minimum atomic E-state index is 0.329. The van der Waals surface area contributed by atoms with E-state index in [1.807, 2.05) is 11.8 Å². The Hall–Kier alpha value is 0.270. The van der Waals surface area contributed by atoms with Crippen molar-refractivity contribution in [2.24, 2.45) is 0 Å². The highest BCUT2D eigenvalue weighted by Crippen LogP contribution is 2.37. The maximum absolute atomic E-state index is 8.68. The van der Waals surface area contributed by atoms with Gasteiger partial charge in [-0.15, -0.1) is 0 Å². The third-order valence-corrected chi connectivity index (χ3v) is 4.83. The molecule has 0 saturated heterocycles. The lowest BCUT2D eigenvalue weighted by atomic mass is 9.88. The molecular formula is C12H25NOS. The van der Waals surface area contributed by atoms with Gasteiger partial charge in [0.15, 0.2) is 0 Å². The van der Waals surface area contributed by atoms with E-state index >= 15 is 0 Å². The van der Waals surface area contributed by atoms with Gasteiger partial charge in [0, 0.05) is 17.9 Å². The van der Waals surface area contributed by atoms with Crippen molar-refractivity contribution >= 4 is 11.8 Å². The first kappa shape index (κ1) is 13.3. The zero-order valence-corrected chi connectivity index (χ0v) is 10.7. The highest BCUT2D eigenvalue weighted by Gasteiger charge is 2.30. The number of unbranched alkanes of at least 4 members (excludes halogenated alkanes) is 1. The molecule has 90 valence electrons. The van der Waals surface area contributed by atoms with Crippen molar-refractivity contribution in [3.05, 3.63) is 0 Å². The number of rotatable bonds is 7. The molecule has 0 aromatic rings. The van der Waals surface area contributed by atoms with E-state index in [2.05, 4.69) is 11.6 Å². The summed E-state index contributed by atoms with van der Waals surface area (Å²) in [7, 11) is 0. The van der Waals surface area contributed by atoms with E-state index in [9.17, 15) is 0 Å². The van der Waals surface area contributed by atoms with E-state index in [1.54, 1.807) is 0 Å². The smallest absolute Gasteiger partial charge is 0.0431 e. The summed E-state index contributed by atoms with van der Waals surface area (Å²) in [5.74, 6) is 0. The minimum absolute atomic E-state index is 0.329. The highest BCUT2D eigenvalue weighted by molar-refractivity contribution is 8.00. The Morgan fingerprint density at radius 2 is 1.93 bits per heavy atom. The van der Waals surface area contributed by atoms with Crippen LogP contribution in [0.15, 0.2) is 0 Å². The Morgan fingerprint density at radius 1 is 1.20 bits per heavy atom. The van der Waals surface area contributed by atoms with Crippen LogP contribution in [0.25, 0.3) is 0 Å². The van der Waals surface area contributed by atoms with Crippen LogP contribution >= 0.6 is 11.8 Å². The van der Waals surface area contributed by atoms with Crippen molar-refractivity contribution in [2.45, 2.75) is 49.7 Å². The van der Waals surface area contributed by atoms with Crippen LogP contribution < -0.4 is 5.32 Å². The van der Waals surface area contributed by atoms with Crippen molar-refractivity contribution in [1.82, 2.24) is 5.32 Å². The standard InChI is InChI=1S/C12H25NOS/c1-15-12(7-3-2-4-8-12)11-13-9-5-6-10-14/h13-14H,2-11H2,1H3. The zero-order valence-electron chi connectivity index (χ0n) is 9.93. The normalized spacial score (nSPS) is 20.4. The van der Waals surface area contributed by atoms with Gasteiger partial charge in [0.1, 0.15) is 0 Å². The van der Waals surface area contributed by atoms with Gasteiger partial charge in [0.25, 0.3) is 0 Å². The molecule has 0 aromatic carbocycles. The summed E-state index contributed by atoms with van der Waals surface area (Å²) < 4.78 is 0.511. The maximum atomic E-state index is 8.68. The van der Waals surface area contributed by atoms with Crippen LogP contribution in [0.2, 0.25) is 0 Å². The van der Waals surface area contributed by atoms with Crippen molar-refractivity contribution in [1.29, 1.82) is 0 Å². The summed E-state index contributed by atoms with van der Waals surface area (Å²) in [5.41, 5.74) is 0. The molecule has 1 fully saturated rings. The first-order chi connectivity index (χ1) is 7.33. The largest absolute Gasteiger partial charge is 0.396 e. The van der Waals surface area contributed by atoms with Crippen molar-refractivity contribution in [2.75, 3.05) is 26.0 Å². The Morgan fingerprint density at radius 3 is 2.53 bits per heavy atom. The van der Waals surface area contributed by atoms with Gasteiger partial charge < -0.3 is 10.4 Å². The van der Waals surface area contributed by atoms with Gasteiger partial charge in [-0.25, -0.2) is 0 Å². The van der Waals surface area contributed by atoms with Crippen LogP contribution in [0, 0.1) is 0 Å². The Labute approximate surface area is 98.2 Å². The summed E-state index contributed by atoms with van der Waals surface area (Å²) in [5, 5.41) is 12.2. The highest BCUT2D eigenvalue weighted by atomic mass is 32.2. The Bertz CT molecular complexity index is 158. The SMILES string of the molecule is CSC1(CNCCCCO)CCCCC1. The molecule has 0 aliphatic heterocycles. The summed E-state index contributed by atoms with van der Waals surface area (Å²) >= 11 is 2.05. The van der Waals surface area contributed by atoms with E-state index in [-0.39, 0.29) is 0 Å². The van der Waals surface area contributed by atoms with Gasteiger partial charge in [0.05, 0.1) is 0 Å². The molecule has 0 heterocycles. The molecule has 2 N–H and O–H groups in total. The average Bonchev–Trinajstić information content (AvgIpc) is 2.30. The summed E-state index contributed by atoms with van der Waals surface area (Å²) in [6.45, 7) is 2.54. The quantitative estimate of drug-likeness (QED) is 0.660. The van der Waals surface area contributed by atoms with Crippen LogP contribution in [0.5, 0.6) is 0 Å². The zero-order chi connectivity index (χ0) is 11.0. The van der Waals surface area contributed by atoms with Gasteiger partial charge in [-0.3, -0.25) is 0 Å². The van der Waals surface area contributed by atoms with Crippen LogP contribution in [-0.4, -0.2) is 35.8 Å². The topological polar surface area (TPSA) is 32.3 Å². The van der Waals surface area contributed by atoms with Crippen LogP contribution in [0.1, 0.15) is 44.9 Å². The number of hydrogen-bond acceptors (Lipinski definition) is 3. The second-order valence-corrected chi connectivity index (χ2v) is 5.83. The number of aliphatic hydroxyl groups excluding tert-OH is 1. The second-order valence-electron chi connectivity index (χ2n) is 4.56. The lowest BCUT2D eigenvalue weighted by Crippen LogP contribution is -2.39. The van der Waals surface area contributed by atoms with Crippen LogP contribution in [0.4, 0.5) is 0 Å². The minimum Gasteiger partial charge on any atom is -0.396 e. The van der Waals surface area contributed by atoms with Gasteiger partial charge in [-0.05, 0) is 38.5 Å². The van der Waals surface area contributed by atoms with Gasteiger partial charge >= 0.3 is 0 Å². The third kappa shape index (κ3) is 4.75. The van der Waals surface area contributed by atoms with Crippen molar-refractivity contribution in [3.8, 4) is 0 Å². The molecule has 1 saturated carbocycles. The number of nitrogens with one attached hydrogen (secondary N) is 1. The predicted octanol–water partition coefficient (Wildman–Crippen LogP) is 2.41. The number of aliphatic hydroxyl groups is 1. The lowest BCUT2D eigenvalue weighted by molar-refractivity contribution is 0.282. The van der Waals surface area contributed by atoms with E-state index in [1.165, 1.54) is 32.1 Å². The van der Waals surface area contributed by atoms with E-state index in [4.69, 9.17) is 5.11 Å². The molecule has 3 heteroatoms. The lowest BCUT2D eigenvalue weighted by Gasteiger charge is -2.36. The molecule has 1 rings (SSSR count). The molecule has 0 aromatic heterocycles. The van der Waals surface area contributed by atoms with Crippen LogP contribution in [0.3, 0.4) is 0 Å². The molecule has 0 unspecified atom stereocenters. The molecule has 0 spiro atoms. The van der Waals surface area contributed by atoms with Gasteiger partial charge in [-0.2, -0.15) is 11.8 Å². The summed E-state index contributed by atoms with van der Waals surface area (Å²) in [6.07, 6.45) is 11.3. The monoisotopic (exact) mass is 231 g/mol. The average molecular weight is 231 g/mol. The molecule has 1 aliphatic rings. The Balaban J connectivity index is 2.15. The summed E-state index contributed by atoms with van der Waals surface area (Å²) in [4.78, 5) is 0. The fourth-order valence-electron chi connectivity index (χ4n) is 2.33. The number of hydrogen-bond donors (Lipinski definition) is 2. The fraction of sp³-hybridized carbons (Fsp3) is 1.00. The van der Waals surface area contributed by atoms with Crippen LogP contribution in [-0.2, 0) is 0 Å². The molecule has 1 aliphatic carbocycles. The van der Waals surface area contributed by atoms with Crippen molar-refractivity contribution < 1.29 is 5.11 Å². The van der Waals surface area contributed by atoms with E-state index in [0.29, 0.717) is 11.4 Å². The van der Waals surface area contributed by atoms with Crippen molar-refractivity contribution in [3.63, 3.8) is 0 Å². The Kier molecular flexibility index (Phi) is 6.69. The molecule has 15 heavy (non-hydrogen) atoms. The molecule has 0 bridgehead atoms. The number of thioether (sulfide) groups is 1. The van der Waals surface area contributed by atoms with E-state index < -0.39 is 0 Å². The van der Waals surface area contributed by atoms with Gasteiger partial charge in [0.2, 0.25) is 0 Å². The van der Waals surface area contributed by atoms with Gasteiger partial charge in [-0.1, -0.05) is 19.3 Å². The molecule has 0 radical (unpaired) electrons. The second kappa shape index (κ2) is 7.53. The van der Waals surface area contributed by atoms with E-state index in [0.717, 1.165) is 25.9 Å². The first-order valence-electron chi connectivity index (χ1n) is 6.20. The summed E-state index contributed by atoms with van der Waals surface area (Å²) in [6, 6.07) is 0. The fourth-order valence-corrected chi connectivity index (χ4v) is 3.27. The molecular weight excluding hydrogens is 206 g/mol. The first-order valence-corrected chi connectivity index (χ1v) is 7.42. The molecule has 0 amide bonds.